The Balaban J connectivity index is 0.837. The first-order valence-electron chi connectivity index (χ1n) is 19.3. The molecule has 0 aliphatic carbocycles. The van der Waals surface area contributed by atoms with Crippen molar-refractivity contribution in [1.82, 2.24) is 28.2 Å². The number of benzene rings is 2. The summed E-state index contributed by atoms with van der Waals surface area (Å²) in [4.78, 5) is 76.8. The number of nitrogens with zero attached hydrogens (tertiary/aromatic N) is 7. The minimum absolute atomic E-state index is 0.0231. The van der Waals surface area contributed by atoms with E-state index in [1.807, 2.05) is 6.07 Å². The molecule has 2 aromatic carbocycles. The number of carbonyl (C=O) groups is 5. The molecule has 4 aromatic heterocycles. The quantitative estimate of drug-likeness (QED) is 0.0731. The van der Waals surface area contributed by atoms with Crippen LogP contribution in [0, 0.1) is 0 Å². The second kappa shape index (κ2) is 16.0. The van der Waals surface area contributed by atoms with Gasteiger partial charge in [-0.3, -0.25) is 33.5 Å². The third kappa shape index (κ3) is 7.85. The van der Waals surface area contributed by atoms with Crippen LogP contribution in [0.2, 0.25) is 0 Å². The Bertz CT molecular complexity index is 2820. The summed E-state index contributed by atoms with van der Waals surface area (Å²) in [5, 5.41) is 9.06. The van der Waals surface area contributed by atoms with Crippen molar-refractivity contribution in [2.45, 2.75) is 25.3 Å². The van der Waals surface area contributed by atoms with Gasteiger partial charge in [-0.15, -0.1) is 0 Å². The molecule has 0 bridgehead atoms. The van der Waals surface area contributed by atoms with Gasteiger partial charge in [0.05, 0.1) is 47.9 Å². The highest BCUT2D eigenvalue weighted by molar-refractivity contribution is 6.08. The number of rotatable bonds is 12. The monoisotopic (exact) mass is 825 g/mol. The molecule has 0 radical (unpaired) electrons. The maximum Gasteiger partial charge on any atom is 0.291 e. The summed E-state index contributed by atoms with van der Waals surface area (Å²) in [7, 11) is 6.48. The molecule has 18 heteroatoms. The Morgan fingerprint density at radius 2 is 1.64 bits per heavy atom. The molecule has 0 saturated carbocycles. The van der Waals surface area contributed by atoms with E-state index in [4.69, 9.17) is 15.2 Å². The molecule has 18 nitrogen and oxygen atoms in total. The summed E-state index contributed by atoms with van der Waals surface area (Å²) >= 11 is 0. The zero-order valence-electron chi connectivity index (χ0n) is 33.9. The minimum atomic E-state index is -0.564. The van der Waals surface area contributed by atoms with Crippen LogP contribution in [0.1, 0.15) is 61.2 Å². The number of methoxy groups -OCH3 is 1. The van der Waals surface area contributed by atoms with Crippen molar-refractivity contribution < 1.29 is 33.4 Å². The molecule has 0 spiro atoms. The van der Waals surface area contributed by atoms with Gasteiger partial charge < -0.3 is 49.8 Å². The van der Waals surface area contributed by atoms with Gasteiger partial charge >= 0.3 is 0 Å². The van der Waals surface area contributed by atoms with E-state index < -0.39 is 11.8 Å². The average molecular weight is 826 g/mol. The number of ether oxygens (including phenoxy) is 2. The van der Waals surface area contributed by atoms with Crippen LogP contribution < -0.4 is 31.2 Å². The molecule has 1 fully saturated rings. The first-order chi connectivity index (χ1) is 29.3. The molecule has 5 N–H and O–H groups in total. The SMILES string of the molecule is C=C1CC2C=Nc3cc(OCCCC(=O)Nc4cn(C)c(C(=O)Nc5cc(C(=O)Nc6cc(C(=O)n7ccc8c(N)cccc87)n(C)c6)n(C)c5)n4)c(OC)cc3C(=O)N2C1. The number of aryl methyl sites for hydroxylation is 3. The number of nitrogens with one attached hydrogen (secondary N) is 3. The fraction of sp³-hybridized carbons (Fsp3) is 0.233. The molecule has 1 saturated heterocycles. The van der Waals surface area contributed by atoms with Gasteiger partial charge in [0.25, 0.3) is 23.6 Å². The lowest BCUT2D eigenvalue weighted by Gasteiger charge is -2.20. The maximum atomic E-state index is 13.5. The van der Waals surface area contributed by atoms with Crippen LogP contribution in [0.5, 0.6) is 11.5 Å². The number of aromatic nitrogens is 5. The fourth-order valence-electron chi connectivity index (χ4n) is 7.54. The number of anilines is 4. The van der Waals surface area contributed by atoms with Crippen molar-refractivity contribution in [3.8, 4) is 11.5 Å². The Labute approximate surface area is 349 Å². The van der Waals surface area contributed by atoms with Crippen LogP contribution >= 0.6 is 0 Å². The number of nitrogens with two attached hydrogens (primary N) is 1. The topological polar surface area (TPSA) is 214 Å². The summed E-state index contributed by atoms with van der Waals surface area (Å²) in [6.45, 7) is 4.67. The average Bonchev–Trinajstić information content (AvgIpc) is 4.05. The van der Waals surface area contributed by atoms with Crippen LogP contribution in [-0.4, -0.2) is 90.2 Å². The van der Waals surface area contributed by atoms with Crippen LogP contribution in [0.4, 0.5) is 28.6 Å². The van der Waals surface area contributed by atoms with E-state index in [-0.39, 0.29) is 54.1 Å². The largest absolute Gasteiger partial charge is 0.493 e. The number of nitrogen functional groups attached to an aromatic ring is 1. The number of imidazole rings is 1. The first-order valence-corrected chi connectivity index (χ1v) is 19.3. The second-order valence-electron chi connectivity index (χ2n) is 14.9. The number of hydrogen-bond acceptors (Lipinski definition) is 10. The zero-order chi connectivity index (χ0) is 43.1. The van der Waals surface area contributed by atoms with Crippen LogP contribution in [0.15, 0.2) is 90.5 Å². The summed E-state index contributed by atoms with van der Waals surface area (Å²) in [5.41, 5.74) is 10.5. The molecule has 1 atom stereocenters. The lowest BCUT2D eigenvalue weighted by molar-refractivity contribution is -0.116. The van der Waals surface area contributed by atoms with Gasteiger partial charge in [-0.2, -0.15) is 0 Å². The third-order valence-electron chi connectivity index (χ3n) is 10.6. The van der Waals surface area contributed by atoms with Crippen molar-refractivity contribution >= 4 is 75.2 Å². The van der Waals surface area contributed by atoms with Gasteiger partial charge in [-0.1, -0.05) is 18.2 Å². The van der Waals surface area contributed by atoms with Gasteiger partial charge in [0.15, 0.2) is 17.3 Å². The molecule has 6 aromatic rings. The number of fused-ring (bicyclic) bond motifs is 3. The normalized spacial score (nSPS) is 14.4. The van der Waals surface area contributed by atoms with Gasteiger partial charge in [-0.25, -0.2) is 4.98 Å². The van der Waals surface area contributed by atoms with Crippen molar-refractivity contribution in [2.24, 2.45) is 26.1 Å². The molecule has 2 aliphatic rings. The predicted molar refractivity (Wildman–Crippen MR) is 229 cm³/mol. The summed E-state index contributed by atoms with van der Waals surface area (Å²) < 4.78 is 17.6. The lowest BCUT2D eigenvalue weighted by Crippen LogP contribution is -2.35. The van der Waals surface area contributed by atoms with E-state index in [0.717, 1.165) is 11.0 Å². The Kier molecular flexibility index (Phi) is 10.5. The number of hydrogen-bond donors (Lipinski definition) is 4. The molecule has 6 heterocycles. The molecular weight excluding hydrogens is 783 g/mol. The molecule has 1 unspecified atom stereocenters. The smallest absolute Gasteiger partial charge is 0.291 e. The highest BCUT2D eigenvalue weighted by atomic mass is 16.5. The first kappa shape index (κ1) is 39.9. The van der Waals surface area contributed by atoms with Gasteiger partial charge in [0, 0.05) is 82.3 Å². The number of aliphatic imine (C=N–C) groups is 1. The van der Waals surface area contributed by atoms with Crippen LogP contribution in [-0.2, 0) is 25.9 Å². The minimum Gasteiger partial charge on any atom is -0.493 e. The van der Waals surface area contributed by atoms with E-state index in [2.05, 4.69) is 32.5 Å². The predicted octanol–water partition coefficient (Wildman–Crippen LogP) is 5.12. The van der Waals surface area contributed by atoms with E-state index in [9.17, 15) is 24.0 Å². The Morgan fingerprint density at radius 3 is 2.41 bits per heavy atom. The van der Waals surface area contributed by atoms with Crippen molar-refractivity contribution in [2.75, 3.05) is 41.9 Å². The highest BCUT2D eigenvalue weighted by Crippen LogP contribution is 2.38. The Hall–Kier alpha value is -7.89. The molecule has 4 amide bonds. The summed E-state index contributed by atoms with van der Waals surface area (Å²) in [5.74, 6) is -0.821. The van der Waals surface area contributed by atoms with Crippen LogP contribution in [0.25, 0.3) is 10.9 Å². The van der Waals surface area contributed by atoms with Crippen molar-refractivity contribution in [1.29, 1.82) is 0 Å². The van der Waals surface area contributed by atoms with E-state index in [1.54, 1.807) is 96.4 Å². The van der Waals surface area contributed by atoms with E-state index >= 15 is 0 Å². The molecular formula is C43H43N11O7. The van der Waals surface area contributed by atoms with Crippen molar-refractivity contribution in [3.05, 3.63) is 108 Å². The van der Waals surface area contributed by atoms with E-state index in [1.165, 1.54) is 28.5 Å². The third-order valence-corrected chi connectivity index (χ3v) is 10.6. The van der Waals surface area contributed by atoms with Gasteiger partial charge in [0.1, 0.15) is 11.4 Å². The zero-order valence-corrected chi connectivity index (χ0v) is 33.9. The summed E-state index contributed by atoms with van der Waals surface area (Å²) in [6, 6.07) is 13.4. The van der Waals surface area contributed by atoms with E-state index in [0.29, 0.717) is 70.4 Å². The molecule has 2 aliphatic heterocycles. The van der Waals surface area contributed by atoms with Crippen LogP contribution in [0.3, 0.4) is 0 Å². The standard InChI is InChI=1S/C43H43N11O7/c1-24-14-27-19-45-31-18-36(35(60-5)17-29(31)42(58)54(27)20-24)61-13-7-10-38(55)48-37-23-52(4)39(49-37)41(57)47-25-15-33(50(2)21-25)40(56)46-26-16-34(51(3)22-26)43(59)53-12-11-28-30(44)8-6-9-32(28)53/h6,8-9,11-12,15-19,21-23,27H,1,7,10,13-14,20,44H2,2-5H3,(H,46,56)(H,47,57)(H,48,55). The van der Waals surface area contributed by atoms with Crippen molar-refractivity contribution in [3.63, 3.8) is 0 Å². The maximum absolute atomic E-state index is 13.5. The number of carbonyl (C=O) groups excluding carboxylic acids is 5. The highest BCUT2D eigenvalue weighted by Gasteiger charge is 2.34. The summed E-state index contributed by atoms with van der Waals surface area (Å²) in [6.07, 6.45) is 9.27. The molecule has 312 valence electrons. The second-order valence-corrected chi connectivity index (χ2v) is 14.9. The Morgan fingerprint density at radius 1 is 0.902 bits per heavy atom. The fourth-order valence-corrected chi connectivity index (χ4v) is 7.54. The number of amides is 4. The van der Waals surface area contributed by atoms with Gasteiger partial charge in [0.2, 0.25) is 11.7 Å². The van der Waals surface area contributed by atoms with Gasteiger partial charge in [-0.05, 0) is 49.2 Å². The lowest BCUT2D eigenvalue weighted by atomic mass is 10.1. The molecule has 61 heavy (non-hydrogen) atoms. The molecule has 8 rings (SSSR count).